The molecule has 1 radical (unpaired) electrons. The summed E-state index contributed by atoms with van der Waals surface area (Å²) in [6.45, 7) is 1.42. The van der Waals surface area contributed by atoms with Crippen LogP contribution in [0.4, 0.5) is 0 Å². The molecular weight excluding hydrogens is 180 g/mol. The molecule has 0 aliphatic rings. The summed E-state index contributed by atoms with van der Waals surface area (Å²) < 4.78 is 10.5. The second kappa shape index (κ2) is 7.09. The van der Waals surface area contributed by atoms with Crippen LogP contribution >= 0.6 is 0 Å². The summed E-state index contributed by atoms with van der Waals surface area (Å²) in [6.07, 6.45) is 2.09. The molecule has 0 heterocycles. The predicted molar refractivity (Wildman–Crippen MR) is 53.1 cm³/mol. The van der Waals surface area contributed by atoms with Crippen LogP contribution in [0.15, 0.2) is 30.3 Å². The summed E-state index contributed by atoms with van der Waals surface area (Å²) in [7, 11) is 0. The molecule has 0 unspecified atom stereocenters. The maximum absolute atomic E-state index is 9.82. The van der Waals surface area contributed by atoms with Crippen molar-refractivity contribution in [3.8, 4) is 5.75 Å². The van der Waals surface area contributed by atoms with E-state index in [1.54, 1.807) is 6.29 Å². The van der Waals surface area contributed by atoms with Crippen molar-refractivity contribution in [2.45, 2.75) is 6.42 Å². The van der Waals surface area contributed by atoms with E-state index < -0.39 is 0 Å². The summed E-state index contributed by atoms with van der Waals surface area (Å²) in [5.74, 6) is 0.832. The molecular formula is C11H13O3. The van der Waals surface area contributed by atoms with Gasteiger partial charge in [0.05, 0.1) is 13.2 Å². The van der Waals surface area contributed by atoms with Crippen molar-refractivity contribution in [3.63, 3.8) is 0 Å². The van der Waals surface area contributed by atoms with E-state index in [2.05, 4.69) is 0 Å². The molecule has 14 heavy (non-hydrogen) atoms. The van der Waals surface area contributed by atoms with Gasteiger partial charge in [-0.25, -0.2) is 0 Å². The molecule has 1 rings (SSSR count). The van der Waals surface area contributed by atoms with E-state index in [0.717, 1.165) is 5.75 Å². The number of carbonyl (C=O) groups excluding carboxylic acids is 1. The number of para-hydroxylation sites is 1. The van der Waals surface area contributed by atoms with Gasteiger partial charge in [0.25, 0.3) is 0 Å². The minimum atomic E-state index is 0.325. The molecule has 0 fully saturated rings. The average Bonchev–Trinajstić information content (AvgIpc) is 2.25. The standard InChI is InChI=1S/C11H13O3/c12-7-4-8-13-9-10-14-11-5-2-1-3-6-11/h1-3,5-6H,4,8-10H2. The summed E-state index contributed by atoms with van der Waals surface area (Å²) in [5.41, 5.74) is 0. The lowest BCUT2D eigenvalue weighted by atomic mass is 10.3. The van der Waals surface area contributed by atoms with Gasteiger partial charge in [0, 0.05) is 6.42 Å². The van der Waals surface area contributed by atoms with Crippen LogP contribution in [0.1, 0.15) is 6.42 Å². The van der Waals surface area contributed by atoms with E-state index in [9.17, 15) is 4.79 Å². The summed E-state index contributed by atoms with van der Waals surface area (Å²) >= 11 is 0. The lowest BCUT2D eigenvalue weighted by Crippen LogP contribution is -2.07. The molecule has 3 heteroatoms. The first-order valence-electron chi connectivity index (χ1n) is 4.54. The lowest BCUT2D eigenvalue weighted by Gasteiger charge is -2.05. The zero-order valence-electron chi connectivity index (χ0n) is 7.94. The Balaban J connectivity index is 2.02. The van der Waals surface area contributed by atoms with Crippen LogP contribution in [0.2, 0.25) is 0 Å². The molecule has 0 bridgehead atoms. The zero-order chi connectivity index (χ0) is 10.1. The van der Waals surface area contributed by atoms with Crippen molar-refractivity contribution in [2.24, 2.45) is 0 Å². The minimum Gasteiger partial charge on any atom is -0.491 e. The van der Waals surface area contributed by atoms with Gasteiger partial charge in [-0.1, -0.05) is 18.2 Å². The van der Waals surface area contributed by atoms with Gasteiger partial charge in [0.1, 0.15) is 12.4 Å². The fraction of sp³-hybridized carbons (Fsp3) is 0.364. The normalized spacial score (nSPS) is 9.71. The Labute approximate surface area is 83.6 Å². The molecule has 0 spiro atoms. The van der Waals surface area contributed by atoms with Crippen LogP contribution < -0.4 is 4.74 Å². The van der Waals surface area contributed by atoms with Crippen LogP contribution in [0.5, 0.6) is 5.75 Å². The van der Waals surface area contributed by atoms with E-state index in [-0.39, 0.29) is 0 Å². The summed E-state index contributed by atoms with van der Waals surface area (Å²) in [6, 6.07) is 9.54. The lowest BCUT2D eigenvalue weighted by molar-refractivity contribution is 0.105. The van der Waals surface area contributed by atoms with Gasteiger partial charge >= 0.3 is 0 Å². The Bertz CT molecular complexity index is 246. The molecule has 0 aliphatic heterocycles. The van der Waals surface area contributed by atoms with Crippen molar-refractivity contribution in [1.29, 1.82) is 0 Å². The van der Waals surface area contributed by atoms with Crippen molar-refractivity contribution < 1.29 is 14.3 Å². The van der Waals surface area contributed by atoms with E-state index in [4.69, 9.17) is 9.47 Å². The van der Waals surface area contributed by atoms with Gasteiger partial charge in [-0.15, -0.1) is 0 Å². The highest BCUT2D eigenvalue weighted by Crippen LogP contribution is 2.07. The predicted octanol–water partition coefficient (Wildman–Crippen LogP) is 1.58. The van der Waals surface area contributed by atoms with Gasteiger partial charge in [0.2, 0.25) is 6.29 Å². The highest BCUT2D eigenvalue weighted by Gasteiger charge is 1.91. The van der Waals surface area contributed by atoms with Gasteiger partial charge in [0.15, 0.2) is 0 Å². The molecule has 3 nitrogen and oxygen atoms in total. The highest BCUT2D eigenvalue weighted by atomic mass is 16.5. The first kappa shape index (κ1) is 10.7. The second-order valence-electron chi connectivity index (χ2n) is 2.67. The molecule has 0 aromatic heterocycles. The van der Waals surface area contributed by atoms with E-state index in [1.807, 2.05) is 30.3 Å². The quantitative estimate of drug-likeness (QED) is 0.617. The molecule has 75 valence electrons. The molecule has 0 atom stereocenters. The number of hydrogen-bond acceptors (Lipinski definition) is 3. The SMILES string of the molecule is O=[C]CCOCCOc1ccccc1. The Kier molecular flexibility index (Phi) is 5.43. The molecule has 0 amide bonds. The Morgan fingerprint density at radius 2 is 1.86 bits per heavy atom. The van der Waals surface area contributed by atoms with Crippen molar-refractivity contribution in [1.82, 2.24) is 0 Å². The van der Waals surface area contributed by atoms with Crippen LogP contribution in [0.3, 0.4) is 0 Å². The maximum Gasteiger partial charge on any atom is 0.200 e. The Morgan fingerprint density at radius 3 is 2.57 bits per heavy atom. The Hall–Kier alpha value is -1.35. The van der Waals surface area contributed by atoms with Crippen LogP contribution in [-0.4, -0.2) is 26.1 Å². The second-order valence-corrected chi connectivity index (χ2v) is 2.67. The van der Waals surface area contributed by atoms with Gasteiger partial charge < -0.3 is 9.47 Å². The van der Waals surface area contributed by atoms with Gasteiger partial charge in [-0.2, -0.15) is 0 Å². The topological polar surface area (TPSA) is 35.5 Å². The highest BCUT2D eigenvalue weighted by molar-refractivity contribution is 5.50. The van der Waals surface area contributed by atoms with Crippen LogP contribution in [0, 0.1) is 0 Å². The van der Waals surface area contributed by atoms with Crippen molar-refractivity contribution >= 4 is 6.29 Å². The van der Waals surface area contributed by atoms with Gasteiger partial charge in [-0.3, -0.25) is 4.79 Å². The number of benzene rings is 1. The third kappa shape index (κ3) is 4.62. The molecule has 0 saturated carbocycles. The van der Waals surface area contributed by atoms with Crippen molar-refractivity contribution in [2.75, 3.05) is 19.8 Å². The number of hydrogen-bond donors (Lipinski definition) is 0. The van der Waals surface area contributed by atoms with Gasteiger partial charge in [-0.05, 0) is 12.1 Å². The van der Waals surface area contributed by atoms with Crippen LogP contribution in [0.25, 0.3) is 0 Å². The maximum atomic E-state index is 9.82. The van der Waals surface area contributed by atoms with E-state index in [1.165, 1.54) is 0 Å². The molecule has 0 saturated heterocycles. The largest absolute Gasteiger partial charge is 0.491 e. The zero-order valence-corrected chi connectivity index (χ0v) is 7.94. The monoisotopic (exact) mass is 193 g/mol. The first-order chi connectivity index (χ1) is 6.93. The number of ether oxygens (including phenoxy) is 2. The molecule has 0 aliphatic carbocycles. The Morgan fingerprint density at radius 1 is 1.07 bits per heavy atom. The molecule has 1 aromatic carbocycles. The fourth-order valence-electron chi connectivity index (χ4n) is 0.951. The van der Waals surface area contributed by atoms with Crippen molar-refractivity contribution in [3.05, 3.63) is 30.3 Å². The minimum absolute atomic E-state index is 0.325. The molecule has 0 N–H and O–H groups in total. The first-order valence-corrected chi connectivity index (χ1v) is 4.54. The molecule has 1 aromatic rings. The summed E-state index contributed by atoms with van der Waals surface area (Å²) in [5, 5.41) is 0. The third-order valence-corrected chi connectivity index (χ3v) is 1.59. The smallest absolute Gasteiger partial charge is 0.200 e. The van der Waals surface area contributed by atoms with Crippen LogP contribution in [-0.2, 0) is 9.53 Å². The third-order valence-electron chi connectivity index (χ3n) is 1.59. The van der Waals surface area contributed by atoms with E-state index >= 15 is 0 Å². The van der Waals surface area contributed by atoms with E-state index in [0.29, 0.717) is 26.2 Å². The fourth-order valence-corrected chi connectivity index (χ4v) is 0.951. The average molecular weight is 193 g/mol. The summed E-state index contributed by atoms with van der Waals surface area (Å²) in [4.78, 5) is 9.82. The number of rotatable bonds is 7.